The normalized spacial score (nSPS) is 21.7. The lowest BCUT2D eigenvalue weighted by molar-refractivity contribution is -0.121. The highest BCUT2D eigenvalue weighted by molar-refractivity contribution is 8.00. The van der Waals surface area contributed by atoms with E-state index in [9.17, 15) is 4.79 Å². The van der Waals surface area contributed by atoms with Gasteiger partial charge in [0.2, 0.25) is 5.91 Å². The fourth-order valence-corrected chi connectivity index (χ4v) is 4.19. The third-order valence-corrected chi connectivity index (χ3v) is 5.99. The van der Waals surface area contributed by atoms with Crippen LogP contribution in [0.4, 0.5) is 0 Å². The van der Waals surface area contributed by atoms with Gasteiger partial charge in [-0.3, -0.25) is 9.36 Å². The minimum atomic E-state index is -0.240. The molecule has 3 atom stereocenters. The molecular formula is C18H23ClN4OS. The quantitative estimate of drug-likeness (QED) is 0.796. The molecule has 7 heteroatoms. The minimum absolute atomic E-state index is 0.0596. The monoisotopic (exact) mass is 378 g/mol. The van der Waals surface area contributed by atoms with Crippen LogP contribution in [0, 0.1) is 5.92 Å². The average Bonchev–Trinajstić information content (AvgIpc) is 3.05. The van der Waals surface area contributed by atoms with E-state index in [-0.39, 0.29) is 17.2 Å². The lowest BCUT2D eigenvalue weighted by Gasteiger charge is -2.30. The maximum absolute atomic E-state index is 12.6. The van der Waals surface area contributed by atoms with Crippen molar-refractivity contribution in [2.75, 3.05) is 0 Å². The number of hydrogen-bond acceptors (Lipinski definition) is 4. The molecule has 1 amide bonds. The SMILES string of the molecule is CC(Sc1nncn1-c1cccc(Cl)c1)C(=O)NC1CCCCC1C. The Balaban J connectivity index is 1.66. The van der Waals surface area contributed by atoms with Crippen molar-refractivity contribution in [3.8, 4) is 5.69 Å². The second-order valence-electron chi connectivity index (χ2n) is 6.60. The molecule has 1 fully saturated rings. The Morgan fingerprint density at radius 3 is 2.96 bits per heavy atom. The minimum Gasteiger partial charge on any atom is -0.352 e. The Bertz CT molecular complexity index is 735. The molecule has 3 unspecified atom stereocenters. The van der Waals surface area contributed by atoms with Gasteiger partial charge in [-0.2, -0.15) is 0 Å². The fraction of sp³-hybridized carbons (Fsp3) is 0.500. The van der Waals surface area contributed by atoms with Gasteiger partial charge in [-0.25, -0.2) is 0 Å². The third kappa shape index (κ3) is 4.55. The summed E-state index contributed by atoms with van der Waals surface area (Å²) in [6.07, 6.45) is 6.36. The van der Waals surface area contributed by atoms with Crippen LogP contribution in [0.5, 0.6) is 0 Å². The largest absolute Gasteiger partial charge is 0.352 e. The number of halogens is 1. The van der Waals surface area contributed by atoms with Crippen LogP contribution in [0.1, 0.15) is 39.5 Å². The molecule has 1 saturated carbocycles. The molecule has 1 aromatic heterocycles. The highest BCUT2D eigenvalue weighted by atomic mass is 35.5. The van der Waals surface area contributed by atoms with Gasteiger partial charge in [-0.1, -0.05) is 49.2 Å². The van der Waals surface area contributed by atoms with E-state index in [1.54, 1.807) is 6.33 Å². The van der Waals surface area contributed by atoms with Crippen LogP contribution >= 0.6 is 23.4 Å². The molecule has 1 aliphatic rings. The number of rotatable bonds is 5. The molecule has 1 aliphatic carbocycles. The van der Waals surface area contributed by atoms with Gasteiger partial charge < -0.3 is 5.32 Å². The highest BCUT2D eigenvalue weighted by Gasteiger charge is 2.26. The molecule has 134 valence electrons. The molecule has 0 spiro atoms. The molecule has 5 nitrogen and oxygen atoms in total. The number of nitrogens with one attached hydrogen (secondary N) is 1. The molecule has 3 rings (SSSR count). The summed E-state index contributed by atoms with van der Waals surface area (Å²) in [5, 5.41) is 12.5. The molecule has 1 aromatic carbocycles. The first-order valence-corrected chi connectivity index (χ1v) is 9.93. The van der Waals surface area contributed by atoms with Crippen LogP contribution in [0.3, 0.4) is 0 Å². The smallest absolute Gasteiger partial charge is 0.233 e. The van der Waals surface area contributed by atoms with E-state index < -0.39 is 0 Å². The van der Waals surface area contributed by atoms with Crippen LogP contribution in [0.2, 0.25) is 5.02 Å². The summed E-state index contributed by atoms with van der Waals surface area (Å²) in [5.74, 6) is 0.606. The summed E-state index contributed by atoms with van der Waals surface area (Å²) in [6, 6.07) is 7.78. The average molecular weight is 379 g/mol. The fourth-order valence-electron chi connectivity index (χ4n) is 3.15. The zero-order chi connectivity index (χ0) is 17.8. The molecule has 25 heavy (non-hydrogen) atoms. The van der Waals surface area contributed by atoms with Gasteiger partial charge in [0.1, 0.15) is 6.33 Å². The van der Waals surface area contributed by atoms with E-state index in [1.807, 2.05) is 35.8 Å². The molecule has 0 radical (unpaired) electrons. The van der Waals surface area contributed by atoms with Gasteiger partial charge in [0.15, 0.2) is 5.16 Å². The number of benzene rings is 1. The Labute approximate surface area is 157 Å². The number of carbonyl (C=O) groups excluding carboxylic acids is 1. The van der Waals surface area contributed by atoms with Crippen molar-refractivity contribution in [1.29, 1.82) is 0 Å². The lowest BCUT2D eigenvalue weighted by Crippen LogP contribution is -2.44. The summed E-state index contributed by atoms with van der Waals surface area (Å²) in [4.78, 5) is 12.6. The molecule has 0 bridgehead atoms. The summed E-state index contributed by atoms with van der Waals surface area (Å²) in [7, 11) is 0. The molecule has 1 N–H and O–H groups in total. The topological polar surface area (TPSA) is 59.8 Å². The predicted molar refractivity (Wildman–Crippen MR) is 101 cm³/mol. The van der Waals surface area contributed by atoms with Gasteiger partial charge in [-0.05, 0) is 43.9 Å². The zero-order valence-corrected chi connectivity index (χ0v) is 16.1. The molecule has 1 heterocycles. The van der Waals surface area contributed by atoms with Crippen molar-refractivity contribution in [3.05, 3.63) is 35.6 Å². The van der Waals surface area contributed by atoms with Gasteiger partial charge in [0.25, 0.3) is 0 Å². The van der Waals surface area contributed by atoms with E-state index in [1.165, 1.54) is 31.0 Å². The number of amides is 1. The summed E-state index contributed by atoms with van der Waals surface area (Å²) >= 11 is 7.48. The summed E-state index contributed by atoms with van der Waals surface area (Å²) in [5.41, 5.74) is 0.883. The van der Waals surface area contributed by atoms with Gasteiger partial charge in [0.05, 0.1) is 10.9 Å². The van der Waals surface area contributed by atoms with Crippen LogP contribution in [-0.4, -0.2) is 32.0 Å². The van der Waals surface area contributed by atoms with Crippen molar-refractivity contribution in [2.24, 2.45) is 5.92 Å². The Kier molecular flexibility index (Phi) is 6.02. The molecule has 2 aromatic rings. The second-order valence-corrected chi connectivity index (χ2v) is 8.34. The van der Waals surface area contributed by atoms with E-state index in [2.05, 4.69) is 22.4 Å². The Morgan fingerprint density at radius 1 is 1.40 bits per heavy atom. The second kappa shape index (κ2) is 8.23. The van der Waals surface area contributed by atoms with E-state index in [0.717, 1.165) is 12.1 Å². The first-order chi connectivity index (χ1) is 12.0. The Hall–Kier alpha value is -1.53. The lowest BCUT2D eigenvalue weighted by atomic mass is 9.86. The summed E-state index contributed by atoms with van der Waals surface area (Å²) in [6.45, 7) is 4.13. The van der Waals surface area contributed by atoms with Gasteiger partial charge >= 0.3 is 0 Å². The van der Waals surface area contributed by atoms with Crippen molar-refractivity contribution in [2.45, 2.75) is 56.0 Å². The third-order valence-electron chi connectivity index (χ3n) is 4.69. The molecule has 0 aliphatic heterocycles. The first kappa shape index (κ1) is 18.3. The predicted octanol–water partition coefficient (Wildman–Crippen LogP) is 4.10. The van der Waals surface area contributed by atoms with E-state index in [4.69, 9.17) is 11.6 Å². The summed E-state index contributed by atoms with van der Waals surface area (Å²) < 4.78 is 1.85. The van der Waals surface area contributed by atoms with Crippen molar-refractivity contribution < 1.29 is 4.79 Å². The maximum atomic E-state index is 12.6. The van der Waals surface area contributed by atoms with Crippen molar-refractivity contribution in [1.82, 2.24) is 20.1 Å². The maximum Gasteiger partial charge on any atom is 0.233 e. The molecular weight excluding hydrogens is 356 g/mol. The van der Waals surface area contributed by atoms with Crippen molar-refractivity contribution in [3.63, 3.8) is 0 Å². The van der Waals surface area contributed by atoms with Crippen LogP contribution < -0.4 is 5.32 Å². The zero-order valence-electron chi connectivity index (χ0n) is 14.5. The van der Waals surface area contributed by atoms with Crippen LogP contribution in [-0.2, 0) is 4.79 Å². The van der Waals surface area contributed by atoms with E-state index in [0.29, 0.717) is 16.1 Å². The van der Waals surface area contributed by atoms with Crippen LogP contribution in [0.25, 0.3) is 5.69 Å². The Morgan fingerprint density at radius 2 is 2.20 bits per heavy atom. The number of nitrogens with zero attached hydrogens (tertiary/aromatic N) is 3. The van der Waals surface area contributed by atoms with Crippen molar-refractivity contribution >= 4 is 29.3 Å². The highest BCUT2D eigenvalue weighted by Crippen LogP contribution is 2.27. The van der Waals surface area contributed by atoms with Crippen LogP contribution in [0.15, 0.2) is 35.7 Å². The van der Waals surface area contributed by atoms with E-state index >= 15 is 0 Å². The number of carbonyl (C=O) groups is 1. The van der Waals surface area contributed by atoms with Gasteiger partial charge in [0, 0.05) is 11.1 Å². The van der Waals surface area contributed by atoms with Gasteiger partial charge in [-0.15, -0.1) is 10.2 Å². The number of aromatic nitrogens is 3. The molecule has 0 saturated heterocycles. The number of hydrogen-bond donors (Lipinski definition) is 1. The number of thioether (sulfide) groups is 1. The standard InChI is InChI=1S/C18H23ClN4OS/c1-12-6-3-4-9-16(12)21-17(24)13(2)25-18-22-20-11-23(18)15-8-5-7-14(19)10-15/h5,7-8,10-13,16H,3-4,6,9H2,1-2H3,(H,21,24). The first-order valence-electron chi connectivity index (χ1n) is 8.67.